The number of benzene rings is 1. The van der Waals surface area contributed by atoms with Gasteiger partial charge in [-0.1, -0.05) is 23.8 Å². The van der Waals surface area contributed by atoms with E-state index in [9.17, 15) is 32.8 Å². The van der Waals surface area contributed by atoms with Crippen molar-refractivity contribution in [1.29, 1.82) is 5.26 Å². The van der Waals surface area contributed by atoms with Crippen molar-refractivity contribution in [2.45, 2.75) is 52.9 Å². The molecule has 2 aromatic rings. The number of allylic oxidation sites excluding steroid dienone is 3. The molecule has 0 bridgehead atoms. The van der Waals surface area contributed by atoms with Gasteiger partial charge in [-0.05, 0) is 59.4 Å². The first-order chi connectivity index (χ1) is 20.4. The van der Waals surface area contributed by atoms with E-state index in [2.05, 4.69) is 10.3 Å². The Morgan fingerprint density at radius 3 is 2.56 bits per heavy atom. The van der Waals surface area contributed by atoms with Crippen molar-refractivity contribution in [2.75, 3.05) is 9.80 Å². The molecule has 3 aliphatic rings. The number of rotatable bonds is 7. The predicted octanol–water partition coefficient (Wildman–Crippen LogP) is 5.42. The van der Waals surface area contributed by atoms with Crippen LogP contribution >= 0.6 is 45.8 Å². The number of hydrogen-bond acceptors (Lipinski definition) is 5. The number of aromatic nitrogens is 1. The third kappa shape index (κ3) is 6.53. The number of carbonyl (C=O) groups excluding carboxylic acids is 3. The largest absolute Gasteiger partial charge is 0.351 e. The molecular weight excluding hydrogens is 721 g/mol. The van der Waals surface area contributed by atoms with Gasteiger partial charge in [-0.3, -0.25) is 24.2 Å². The summed E-state index contributed by atoms with van der Waals surface area (Å²) >= 11 is 14.9. The van der Waals surface area contributed by atoms with Gasteiger partial charge in [0.1, 0.15) is 29.5 Å². The van der Waals surface area contributed by atoms with Crippen molar-refractivity contribution in [3.63, 3.8) is 0 Å². The number of pyridine rings is 1. The molecule has 1 N–H and O–H groups in total. The van der Waals surface area contributed by atoms with E-state index in [0.29, 0.717) is 6.07 Å². The van der Waals surface area contributed by atoms with E-state index in [1.54, 1.807) is 34.7 Å². The maximum Gasteiger partial charge on any atom is 0.251 e. The minimum absolute atomic E-state index is 0.0127. The highest BCUT2D eigenvalue weighted by Gasteiger charge is 2.50. The van der Waals surface area contributed by atoms with Gasteiger partial charge in [0.05, 0.1) is 22.7 Å². The smallest absolute Gasteiger partial charge is 0.251 e. The lowest BCUT2D eigenvalue weighted by Gasteiger charge is -2.43. The molecule has 224 valence electrons. The Morgan fingerprint density at radius 2 is 1.93 bits per heavy atom. The second-order valence-corrected chi connectivity index (χ2v) is 13.4. The van der Waals surface area contributed by atoms with Gasteiger partial charge in [0, 0.05) is 48.5 Å². The molecule has 4 atom stereocenters. The highest BCUT2D eigenvalue weighted by molar-refractivity contribution is 14.1. The molecule has 1 aromatic heterocycles. The lowest BCUT2D eigenvalue weighted by molar-refractivity contribution is -0.129. The zero-order chi connectivity index (χ0) is 31.1. The molecule has 2 fully saturated rings. The molecule has 2 heterocycles. The van der Waals surface area contributed by atoms with Crippen molar-refractivity contribution in [3.8, 4) is 6.07 Å². The van der Waals surface area contributed by atoms with Gasteiger partial charge in [-0.15, -0.1) is 11.6 Å². The van der Waals surface area contributed by atoms with Crippen molar-refractivity contribution in [3.05, 3.63) is 77.0 Å². The van der Waals surface area contributed by atoms with Crippen LogP contribution in [0.25, 0.3) is 0 Å². The SMILES string of the molecule is N#Cc1ccnc(N2C(=O)CC[C@H]2C(=O)N(c2cc(F)cc(F)c2)[C@H](C(=O)NC2CC(F)(I)C2)C2C(Cl)=CC=CC2Cl)c1. The van der Waals surface area contributed by atoms with E-state index in [1.165, 1.54) is 24.4 Å². The van der Waals surface area contributed by atoms with E-state index >= 15 is 0 Å². The van der Waals surface area contributed by atoms with Crippen LogP contribution in [0.3, 0.4) is 0 Å². The van der Waals surface area contributed by atoms with Crippen LogP contribution in [0.5, 0.6) is 0 Å². The minimum atomic E-state index is -1.57. The Hall–Kier alpha value is -3.15. The molecule has 1 saturated carbocycles. The Bertz CT molecular complexity index is 1550. The van der Waals surface area contributed by atoms with Gasteiger partial charge in [0.25, 0.3) is 5.91 Å². The summed E-state index contributed by atoms with van der Waals surface area (Å²) in [5.41, 5.74) is -0.126. The number of carbonyl (C=O) groups is 3. The van der Waals surface area contributed by atoms with Gasteiger partial charge in [0.15, 0.2) is 3.68 Å². The fourth-order valence-electron chi connectivity index (χ4n) is 5.54. The molecule has 43 heavy (non-hydrogen) atoms. The van der Waals surface area contributed by atoms with E-state index in [4.69, 9.17) is 23.2 Å². The Labute approximate surface area is 268 Å². The van der Waals surface area contributed by atoms with E-state index in [1.807, 2.05) is 6.07 Å². The summed E-state index contributed by atoms with van der Waals surface area (Å²) < 4.78 is 42.0. The molecule has 0 spiro atoms. The van der Waals surface area contributed by atoms with Crippen LogP contribution in [0.15, 0.2) is 59.8 Å². The molecule has 1 aliphatic heterocycles. The van der Waals surface area contributed by atoms with Crippen LogP contribution in [-0.2, 0) is 14.4 Å². The fourth-order valence-corrected chi connectivity index (χ4v) is 7.35. The molecule has 1 saturated heterocycles. The third-order valence-electron chi connectivity index (χ3n) is 7.52. The second-order valence-electron chi connectivity index (χ2n) is 10.5. The summed E-state index contributed by atoms with van der Waals surface area (Å²) in [4.78, 5) is 47.8. The number of alkyl halides is 3. The average molecular weight is 744 g/mol. The van der Waals surface area contributed by atoms with Gasteiger partial charge < -0.3 is 5.32 Å². The Kier molecular flexibility index (Phi) is 9.06. The number of nitrogens with zero attached hydrogens (tertiary/aromatic N) is 4. The van der Waals surface area contributed by atoms with Crippen LogP contribution in [0.2, 0.25) is 0 Å². The molecule has 2 unspecified atom stereocenters. The normalized spacial score (nSPS) is 27.1. The number of amides is 3. The van der Waals surface area contributed by atoms with E-state index in [-0.39, 0.29) is 47.8 Å². The monoisotopic (exact) mass is 743 g/mol. The molecule has 3 amide bonds. The molecule has 14 heteroatoms. The van der Waals surface area contributed by atoms with Crippen molar-refractivity contribution >= 4 is 75.0 Å². The summed E-state index contributed by atoms with van der Waals surface area (Å²) in [6.45, 7) is 0. The van der Waals surface area contributed by atoms with Crippen LogP contribution < -0.4 is 15.1 Å². The van der Waals surface area contributed by atoms with Crippen molar-refractivity contribution in [1.82, 2.24) is 10.3 Å². The number of hydrogen-bond donors (Lipinski definition) is 1. The van der Waals surface area contributed by atoms with Crippen LogP contribution in [0, 0.1) is 28.9 Å². The number of anilines is 2. The first-order valence-electron chi connectivity index (χ1n) is 13.2. The molecule has 5 rings (SSSR count). The molecular formula is C29H23Cl2F3IN5O3. The summed E-state index contributed by atoms with van der Waals surface area (Å²) in [5.74, 6) is -5.20. The number of nitrogens with one attached hydrogen (secondary N) is 1. The summed E-state index contributed by atoms with van der Waals surface area (Å²) in [6, 6.07) is 3.70. The third-order valence-corrected chi connectivity index (χ3v) is 9.19. The minimum Gasteiger partial charge on any atom is -0.351 e. The molecule has 1 aromatic carbocycles. The highest BCUT2D eigenvalue weighted by atomic mass is 127. The van der Waals surface area contributed by atoms with Crippen molar-refractivity contribution < 1.29 is 27.6 Å². The van der Waals surface area contributed by atoms with Crippen LogP contribution in [0.4, 0.5) is 24.7 Å². The van der Waals surface area contributed by atoms with Gasteiger partial charge in [-0.2, -0.15) is 5.26 Å². The zero-order valence-electron chi connectivity index (χ0n) is 22.2. The second kappa shape index (κ2) is 12.5. The first kappa shape index (κ1) is 31.3. The summed E-state index contributed by atoms with van der Waals surface area (Å²) in [7, 11) is 0. The van der Waals surface area contributed by atoms with E-state index < -0.39 is 62.5 Å². The highest BCUT2D eigenvalue weighted by Crippen LogP contribution is 2.43. The lowest BCUT2D eigenvalue weighted by Crippen LogP contribution is -2.62. The topological polar surface area (TPSA) is 106 Å². The first-order valence-corrected chi connectivity index (χ1v) is 15.1. The van der Waals surface area contributed by atoms with Gasteiger partial charge in [-0.25, -0.2) is 18.2 Å². The summed E-state index contributed by atoms with van der Waals surface area (Å²) in [5, 5.41) is 11.3. The van der Waals surface area contributed by atoms with Crippen molar-refractivity contribution in [2.24, 2.45) is 5.92 Å². The predicted molar refractivity (Wildman–Crippen MR) is 162 cm³/mol. The molecule has 0 radical (unpaired) electrons. The Balaban J connectivity index is 1.63. The number of nitriles is 1. The molecule has 2 aliphatic carbocycles. The van der Waals surface area contributed by atoms with Gasteiger partial charge in [0.2, 0.25) is 11.8 Å². The van der Waals surface area contributed by atoms with Crippen LogP contribution in [-0.4, -0.2) is 49.9 Å². The van der Waals surface area contributed by atoms with E-state index in [0.717, 1.165) is 21.9 Å². The quantitative estimate of drug-likeness (QED) is 0.301. The van der Waals surface area contributed by atoms with Gasteiger partial charge >= 0.3 is 0 Å². The Morgan fingerprint density at radius 1 is 1.23 bits per heavy atom. The zero-order valence-corrected chi connectivity index (χ0v) is 25.9. The molecule has 8 nitrogen and oxygen atoms in total. The summed E-state index contributed by atoms with van der Waals surface area (Å²) in [6.07, 6.45) is 5.87. The fraction of sp³-hybridized carbons (Fsp3) is 0.345. The number of halogens is 6. The maximum atomic E-state index is 14.6. The maximum absolute atomic E-state index is 14.6. The van der Waals surface area contributed by atoms with Crippen LogP contribution in [0.1, 0.15) is 31.2 Å². The standard InChI is InChI=1S/C29H23Cl2F3IN5O3/c30-20-2-1-3-21(31)25(20)26(27(42)38-18-12-29(34,35)13-18)39(19-10-16(32)9-17(33)11-19)28(43)22-4-5-24(41)40(22)23-8-15(14-36)6-7-37-23/h1-3,6-11,18,20,22,25-26H,4-5,12-13H2,(H,38,42)/t18?,20?,22-,25?,26-,29?/m0/s1. The lowest BCUT2D eigenvalue weighted by atomic mass is 9.86. The average Bonchev–Trinajstić information content (AvgIpc) is 3.31.